The van der Waals surface area contributed by atoms with Gasteiger partial charge in [-0.2, -0.15) is 9.65 Å². The monoisotopic (exact) mass is 518 g/mol. The van der Waals surface area contributed by atoms with Crippen molar-refractivity contribution in [3.8, 4) is 6.07 Å². The van der Waals surface area contributed by atoms with Crippen LogP contribution in [0.4, 0.5) is 25.8 Å². The molecule has 37 heavy (non-hydrogen) atoms. The number of nitriles is 1. The lowest BCUT2D eigenvalue weighted by Crippen LogP contribution is -2.21. The summed E-state index contributed by atoms with van der Waals surface area (Å²) in [6.45, 7) is 1.46. The lowest BCUT2D eigenvalue weighted by atomic mass is 9.95. The van der Waals surface area contributed by atoms with E-state index in [9.17, 15) is 14.0 Å². The predicted molar refractivity (Wildman–Crippen MR) is 139 cm³/mol. The molecule has 0 aliphatic carbocycles. The summed E-state index contributed by atoms with van der Waals surface area (Å²) in [6.07, 6.45) is 3.83. The molecule has 1 aliphatic rings. The second kappa shape index (κ2) is 9.89. The Labute approximate surface area is 216 Å². The van der Waals surface area contributed by atoms with Crippen LogP contribution in [0.25, 0.3) is 10.9 Å². The Morgan fingerprint density at radius 3 is 2.76 bits per heavy atom. The number of halogens is 3. The maximum atomic E-state index is 13.8. The molecule has 3 heterocycles. The smallest absolute Gasteiger partial charge is 0.249 e. The van der Waals surface area contributed by atoms with Crippen molar-refractivity contribution in [3.05, 3.63) is 99.7 Å². The van der Waals surface area contributed by atoms with Gasteiger partial charge in [-0.15, -0.1) is 0 Å². The van der Waals surface area contributed by atoms with E-state index in [1.807, 2.05) is 12.1 Å². The van der Waals surface area contributed by atoms with Crippen molar-refractivity contribution in [2.75, 3.05) is 10.6 Å². The molecule has 0 radical (unpaired) electrons. The number of nitrogens with one attached hydrogen (secondary N) is 3. The normalized spacial score (nSPS) is 13.7. The lowest BCUT2D eigenvalue weighted by molar-refractivity contribution is 0.480. The van der Waals surface area contributed by atoms with Gasteiger partial charge in [0.25, 0.3) is 0 Å². The molecule has 5 rings (SSSR count). The highest BCUT2D eigenvalue weighted by molar-refractivity contribution is 6.36. The van der Waals surface area contributed by atoms with Crippen LogP contribution in [0.1, 0.15) is 28.3 Å². The van der Waals surface area contributed by atoms with Crippen LogP contribution in [0.3, 0.4) is 0 Å². The molecule has 186 valence electrons. The third kappa shape index (κ3) is 4.58. The fourth-order valence-corrected chi connectivity index (χ4v) is 4.70. The van der Waals surface area contributed by atoms with Gasteiger partial charge in [0.15, 0.2) is 5.82 Å². The fraction of sp³-hybridized carbons (Fsp3) is 0.115. The van der Waals surface area contributed by atoms with E-state index in [1.165, 1.54) is 18.0 Å². The van der Waals surface area contributed by atoms with Crippen molar-refractivity contribution in [3.63, 3.8) is 0 Å². The number of hydrogen-bond donors (Lipinski definition) is 5. The standard InChI is InChI=1S/C26H21ClF2N8/c27-20-5-15(36-25(22(32)8-31)17-3-1-2-13-9-33-12-19(13)17)4-18-23(14(7-30)10-34-24(18)20)37-16-6-21(28)26(29)35-11-16/h1-6,8,10-11,25,33,36H,9,12,31-32H2,(H,34,37)/b22-8-/t25-/m0/s1. The quantitative estimate of drug-likeness (QED) is 0.232. The van der Waals surface area contributed by atoms with E-state index >= 15 is 0 Å². The minimum absolute atomic E-state index is 0.151. The molecular weight excluding hydrogens is 498 g/mol. The van der Waals surface area contributed by atoms with Gasteiger partial charge in [0.1, 0.15) is 6.07 Å². The van der Waals surface area contributed by atoms with Crippen molar-refractivity contribution in [1.82, 2.24) is 15.3 Å². The lowest BCUT2D eigenvalue weighted by Gasteiger charge is -2.24. The number of anilines is 3. The summed E-state index contributed by atoms with van der Waals surface area (Å²) >= 11 is 6.60. The zero-order valence-corrected chi connectivity index (χ0v) is 20.1. The molecule has 0 fully saturated rings. The first kappa shape index (κ1) is 24.2. The van der Waals surface area contributed by atoms with Crippen LogP contribution in [0.5, 0.6) is 0 Å². The Bertz CT molecular complexity index is 1600. The van der Waals surface area contributed by atoms with Gasteiger partial charge in [-0.1, -0.05) is 29.8 Å². The number of benzene rings is 2. The van der Waals surface area contributed by atoms with Crippen LogP contribution < -0.4 is 27.4 Å². The maximum Gasteiger partial charge on any atom is 0.249 e. The first-order valence-electron chi connectivity index (χ1n) is 11.2. The van der Waals surface area contributed by atoms with E-state index in [2.05, 4.69) is 38.1 Å². The third-order valence-electron chi connectivity index (χ3n) is 6.19. The molecular formula is C26H21ClF2N8. The zero-order chi connectivity index (χ0) is 26.1. The van der Waals surface area contributed by atoms with Gasteiger partial charge in [-0.05, 0) is 28.8 Å². The van der Waals surface area contributed by atoms with Gasteiger partial charge < -0.3 is 27.4 Å². The molecule has 2 aromatic heterocycles. The van der Waals surface area contributed by atoms with Gasteiger partial charge in [0.2, 0.25) is 5.95 Å². The number of aromatic nitrogens is 2. The molecule has 0 saturated carbocycles. The van der Waals surface area contributed by atoms with Crippen molar-refractivity contribution in [1.29, 1.82) is 5.26 Å². The SMILES string of the molecule is N#Cc1cnc2c(Cl)cc(N[C@H](/C(N)=C/N)c3cccc4c3CNC4)cc2c1Nc1cnc(F)c(F)c1. The Kier molecular flexibility index (Phi) is 6.48. The van der Waals surface area contributed by atoms with Crippen LogP contribution >= 0.6 is 11.6 Å². The van der Waals surface area contributed by atoms with E-state index in [0.717, 1.165) is 29.9 Å². The fourth-order valence-electron chi connectivity index (χ4n) is 4.43. The summed E-state index contributed by atoms with van der Waals surface area (Å²) in [7, 11) is 0. The Hall–Kier alpha value is -4.46. The van der Waals surface area contributed by atoms with Gasteiger partial charge in [0, 0.05) is 42.6 Å². The topological polar surface area (TPSA) is 138 Å². The summed E-state index contributed by atoms with van der Waals surface area (Å²) < 4.78 is 27.1. The first-order valence-corrected chi connectivity index (χ1v) is 11.6. The van der Waals surface area contributed by atoms with E-state index < -0.39 is 17.8 Å². The number of fused-ring (bicyclic) bond motifs is 2. The van der Waals surface area contributed by atoms with Gasteiger partial charge in [-0.3, -0.25) is 4.98 Å². The van der Waals surface area contributed by atoms with Crippen LogP contribution in [0.2, 0.25) is 5.02 Å². The molecule has 8 nitrogen and oxygen atoms in total. The number of pyridine rings is 2. The second-order valence-electron chi connectivity index (χ2n) is 8.47. The Balaban J connectivity index is 1.61. The minimum atomic E-state index is -1.22. The van der Waals surface area contributed by atoms with Gasteiger partial charge in [-0.25, -0.2) is 9.37 Å². The van der Waals surface area contributed by atoms with E-state index in [0.29, 0.717) is 39.5 Å². The highest BCUT2D eigenvalue weighted by Gasteiger charge is 2.23. The Morgan fingerprint density at radius 2 is 2.00 bits per heavy atom. The van der Waals surface area contributed by atoms with Crippen LogP contribution in [0, 0.1) is 23.1 Å². The molecule has 4 aromatic rings. The summed E-state index contributed by atoms with van der Waals surface area (Å²) in [5, 5.41) is 20.2. The predicted octanol–water partition coefficient (Wildman–Crippen LogP) is 4.69. The minimum Gasteiger partial charge on any atom is -0.403 e. The zero-order valence-electron chi connectivity index (χ0n) is 19.3. The third-order valence-corrected chi connectivity index (χ3v) is 6.47. The highest BCUT2D eigenvalue weighted by Crippen LogP contribution is 2.37. The van der Waals surface area contributed by atoms with E-state index in [-0.39, 0.29) is 11.3 Å². The molecule has 2 aromatic carbocycles. The molecule has 7 N–H and O–H groups in total. The summed E-state index contributed by atoms with van der Waals surface area (Å²) in [5.74, 6) is -2.35. The molecule has 0 bridgehead atoms. The molecule has 0 amide bonds. The summed E-state index contributed by atoms with van der Waals surface area (Å²) in [6, 6.07) is 12.0. The molecule has 0 unspecified atom stereocenters. The van der Waals surface area contributed by atoms with Gasteiger partial charge >= 0.3 is 0 Å². The molecule has 0 spiro atoms. The average molecular weight is 519 g/mol. The number of hydrogen-bond acceptors (Lipinski definition) is 8. The van der Waals surface area contributed by atoms with Crippen molar-refractivity contribution >= 4 is 39.6 Å². The number of rotatable bonds is 6. The van der Waals surface area contributed by atoms with Crippen LogP contribution in [-0.2, 0) is 13.1 Å². The Morgan fingerprint density at radius 1 is 1.16 bits per heavy atom. The summed E-state index contributed by atoms with van der Waals surface area (Å²) in [5.41, 5.74) is 17.5. The molecule has 11 heteroatoms. The maximum absolute atomic E-state index is 13.8. The van der Waals surface area contributed by atoms with E-state index in [4.69, 9.17) is 23.1 Å². The molecule has 1 aliphatic heterocycles. The second-order valence-corrected chi connectivity index (χ2v) is 8.87. The molecule has 1 atom stereocenters. The van der Waals surface area contributed by atoms with Gasteiger partial charge in [0.05, 0.1) is 45.4 Å². The molecule has 0 saturated heterocycles. The average Bonchev–Trinajstić information content (AvgIpc) is 3.39. The van der Waals surface area contributed by atoms with E-state index in [1.54, 1.807) is 12.1 Å². The van der Waals surface area contributed by atoms with Crippen molar-refractivity contribution in [2.45, 2.75) is 19.1 Å². The van der Waals surface area contributed by atoms with Crippen LogP contribution in [-0.4, -0.2) is 9.97 Å². The van der Waals surface area contributed by atoms with Crippen molar-refractivity contribution < 1.29 is 8.78 Å². The van der Waals surface area contributed by atoms with Crippen molar-refractivity contribution in [2.24, 2.45) is 11.5 Å². The largest absolute Gasteiger partial charge is 0.403 e. The first-order chi connectivity index (χ1) is 17.9. The number of nitrogens with zero attached hydrogens (tertiary/aromatic N) is 3. The summed E-state index contributed by atoms with van der Waals surface area (Å²) in [4.78, 5) is 7.72. The van der Waals surface area contributed by atoms with Crippen LogP contribution in [0.15, 0.2) is 60.7 Å². The highest BCUT2D eigenvalue weighted by atomic mass is 35.5. The number of nitrogens with two attached hydrogens (primary N) is 2.